The molecule has 16 heavy (non-hydrogen) atoms. The van der Waals surface area contributed by atoms with Crippen LogP contribution in [0, 0.1) is 0 Å². The Kier molecular flexibility index (Phi) is 8.54. The molecule has 0 aliphatic carbocycles. The summed E-state index contributed by atoms with van der Waals surface area (Å²) in [6.07, 6.45) is -0.116. The number of amides is 1. The van der Waals surface area contributed by atoms with Crippen LogP contribution >= 0.6 is 24.8 Å². The fraction of sp³-hybridized carbons (Fsp3) is 0.750. The number of likely N-dealkylation sites (tertiary alicyclic amines) is 1. The van der Waals surface area contributed by atoms with Crippen LogP contribution in [0.3, 0.4) is 0 Å². The Morgan fingerprint density at radius 2 is 1.56 bits per heavy atom. The fourth-order valence-corrected chi connectivity index (χ4v) is 1.43. The first-order valence-corrected chi connectivity index (χ1v) is 4.51. The summed E-state index contributed by atoms with van der Waals surface area (Å²) in [6.45, 7) is 0.860. The summed E-state index contributed by atoms with van der Waals surface area (Å²) in [5, 5.41) is 8.39. The van der Waals surface area contributed by atoms with Gasteiger partial charge in [0.1, 0.15) is 0 Å². The van der Waals surface area contributed by atoms with Crippen LogP contribution in [0.1, 0.15) is 12.8 Å². The minimum atomic E-state index is -0.967. The van der Waals surface area contributed by atoms with Crippen LogP contribution in [0.5, 0.6) is 0 Å². The Hall–Kier alpha value is -0.560. The molecule has 1 saturated heterocycles. The van der Waals surface area contributed by atoms with Gasteiger partial charge in [0.2, 0.25) is 5.91 Å². The summed E-state index contributed by atoms with van der Waals surface area (Å²) in [4.78, 5) is 23.1. The van der Waals surface area contributed by atoms with Crippen molar-refractivity contribution in [3.05, 3.63) is 0 Å². The second-order valence-electron chi connectivity index (χ2n) is 3.52. The molecule has 8 heteroatoms. The molecule has 1 aliphatic heterocycles. The minimum absolute atomic E-state index is 0. The Labute approximate surface area is 106 Å². The number of carbonyl (C=O) groups is 2. The highest BCUT2D eigenvalue weighted by Gasteiger charge is 2.29. The lowest BCUT2D eigenvalue weighted by molar-refractivity contribution is -0.140. The first-order chi connectivity index (χ1) is 6.50. The first kappa shape index (κ1) is 17.8. The van der Waals surface area contributed by atoms with Crippen molar-refractivity contribution in [2.24, 2.45) is 11.5 Å². The van der Waals surface area contributed by atoms with Gasteiger partial charge >= 0.3 is 5.97 Å². The highest BCUT2D eigenvalue weighted by atomic mass is 35.5. The zero-order valence-corrected chi connectivity index (χ0v) is 10.3. The van der Waals surface area contributed by atoms with E-state index in [1.807, 2.05) is 0 Å². The van der Waals surface area contributed by atoms with Gasteiger partial charge in [0.05, 0.1) is 6.42 Å². The van der Waals surface area contributed by atoms with Crippen LogP contribution in [0.2, 0.25) is 0 Å². The van der Waals surface area contributed by atoms with Gasteiger partial charge < -0.3 is 21.5 Å². The van der Waals surface area contributed by atoms with E-state index in [2.05, 4.69) is 0 Å². The summed E-state index contributed by atoms with van der Waals surface area (Å²) in [7, 11) is 0. The maximum absolute atomic E-state index is 11.4. The summed E-state index contributed by atoms with van der Waals surface area (Å²) >= 11 is 0. The second-order valence-corrected chi connectivity index (χ2v) is 3.52. The van der Waals surface area contributed by atoms with Crippen molar-refractivity contribution in [2.75, 3.05) is 13.1 Å². The molecule has 96 valence electrons. The maximum Gasteiger partial charge on any atom is 0.303 e. The highest BCUT2D eigenvalue weighted by molar-refractivity contribution is 5.85. The zero-order chi connectivity index (χ0) is 10.7. The summed E-state index contributed by atoms with van der Waals surface area (Å²) in [5.41, 5.74) is 11.3. The lowest BCUT2D eigenvalue weighted by Crippen LogP contribution is -2.39. The quantitative estimate of drug-likeness (QED) is 0.623. The van der Waals surface area contributed by atoms with Crippen molar-refractivity contribution in [1.29, 1.82) is 0 Å². The molecule has 0 aromatic rings. The Morgan fingerprint density at radius 1 is 1.12 bits per heavy atom. The molecular formula is C8H17Cl2N3O3. The van der Waals surface area contributed by atoms with Crippen LogP contribution in [-0.4, -0.2) is 47.1 Å². The van der Waals surface area contributed by atoms with Crippen LogP contribution in [0.15, 0.2) is 0 Å². The molecule has 1 aliphatic rings. The summed E-state index contributed by atoms with van der Waals surface area (Å²) in [6, 6.07) is -0.382. The SMILES string of the molecule is Cl.Cl.N[C@@H]1CN(C(=O)CCC(=O)O)C[C@H]1N. The van der Waals surface area contributed by atoms with Gasteiger partial charge in [-0.1, -0.05) is 0 Å². The third kappa shape index (κ3) is 4.98. The predicted octanol–water partition coefficient (Wildman–Crippen LogP) is -0.808. The number of carboxylic acid groups (broad SMARTS) is 1. The molecule has 0 aromatic carbocycles. The molecule has 0 unspecified atom stereocenters. The van der Waals surface area contributed by atoms with Crippen molar-refractivity contribution >= 4 is 36.7 Å². The highest BCUT2D eigenvalue weighted by Crippen LogP contribution is 2.08. The van der Waals surface area contributed by atoms with E-state index in [4.69, 9.17) is 16.6 Å². The standard InChI is InChI=1S/C8H15N3O3.2ClH/c9-5-3-11(4-6(5)10)7(12)1-2-8(13)14;;/h5-6H,1-4,9-10H2,(H,13,14);2*1H/t5-,6-;;/m1../s1. The van der Waals surface area contributed by atoms with Gasteiger partial charge in [-0.25, -0.2) is 0 Å². The Balaban J connectivity index is 0. The number of carbonyl (C=O) groups excluding carboxylic acids is 1. The van der Waals surface area contributed by atoms with E-state index < -0.39 is 5.97 Å². The van der Waals surface area contributed by atoms with Crippen molar-refractivity contribution in [3.8, 4) is 0 Å². The largest absolute Gasteiger partial charge is 0.481 e. The molecule has 0 radical (unpaired) electrons. The smallest absolute Gasteiger partial charge is 0.303 e. The van der Waals surface area contributed by atoms with Gasteiger partial charge in [-0.15, -0.1) is 24.8 Å². The first-order valence-electron chi connectivity index (χ1n) is 4.51. The number of hydrogen-bond acceptors (Lipinski definition) is 4. The molecule has 0 spiro atoms. The average molecular weight is 274 g/mol. The molecule has 1 fully saturated rings. The lowest BCUT2D eigenvalue weighted by Gasteiger charge is -2.14. The van der Waals surface area contributed by atoms with Crippen molar-refractivity contribution in [1.82, 2.24) is 4.90 Å². The molecule has 1 heterocycles. The molecule has 1 rings (SSSR count). The molecule has 0 aromatic heterocycles. The predicted molar refractivity (Wildman–Crippen MR) is 63.9 cm³/mol. The third-order valence-electron chi connectivity index (χ3n) is 2.32. The van der Waals surface area contributed by atoms with E-state index in [1.165, 1.54) is 4.90 Å². The van der Waals surface area contributed by atoms with Crippen molar-refractivity contribution < 1.29 is 14.7 Å². The average Bonchev–Trinajstić information content (AvgIpc) is 2.43. The summed E-state index contributed by atoms with van der Waals surface area (Å²) < 4.78 is 0. The molecular weight excluding hydrogens is 257 g/mol. The molecule has 5 N–H and O–H groups in total. The molecule has 1 amide bonds. The van der Waals surface area contributed by atoms with Crippen molar-refractivity contribution in [2.45, 2.75) is 24.9 Å². The summed E-state index contributed by atoms with van der Waals surface area (Å²) in [5.74, 6) is -1.15. The van der Waals surface area contributed by atoms with E-state index in [0.29, 0.717) is 13.1 Å². The van der Waals surface area contributed by atoms with E-state index in [1.54, 1.807) is 0 Å². The third-order valence-corrected chi connectivity index (χ3v) is 2.32. The van der Waals surface area contributed by atoms with Crippen LogP contribution in [0.25, 0.3) is 0 Å². The van der Waals surface area contributed by atoms with Gasteiger partial charge in [-0.2, -0.15) is 0 Å². The number of rotatable bonds is 3. The van der Waals surface area contributed by atoms with E-state index >= 15 is 0 Å². The molecule has 0 saturated carbocycles. The normalized spacial score (nSPS) is 23.2. The van der Waals surface area contributed by atoms with Crippen LogP contribution < -0.4 is 11.5 Å². The fourth-order valence-electron chi connectivity index (χ4n) is 1.43. The maximum atomic E-state index is 11.4. The number of aliphatic carboxylic acids is 1. The second kappa shape index (κ2) is 7.67. The number of nitrogens with two attached hydrogens (primary N) is 2. The minimum Gasteiger partial charge on any atom is -0.481 e. The van der Waals surface area contributed by atoms with E-state index in [-0.39, 0.29) is 55.6 Å². The van der Waals surface area contributed by atoms with Crippen LogP contribution in [0.4, 0.5) is 0 Å². The van der Waals surface area contributed by atoms with Gasteiger partial charge in [-0.3, -0.25) is 9.59 Å². The van der Waals surface area contributed by atoms with E-state index in [0.717, 1.165) is 0 Å². The lowest BCUT2D eigenvalue weighted by atomic mass is 10.2. The number of nitrogens with zero attached hydrogens (tertiary/aromatic N) is 1. The molecule has 2 atom stereocenters. The molecule has 0 bridgehead atoms. The topological polar surface area (TPSA) is 110 Å². The Bertz CT molecular complexity index is 243. The van der Waals surface area contributed by atoms with Crippen molar-refractivity contribution in [3.63, 3.8) is 0 Å². The number of halogens is 2. The number of carboxylic acids is 1. The van der Waals surface area contributed by atoms with Gasteiger partial charge in [-0.05, 0) is 0 Å². The molecule has 6 nitrogen and oxygen atoms in total. The Morgan fingerprint density at radius 3 is 1.94 bits per heavy atom. The monoisotopic (exact) mass is 273 g/mol. The van der Waals surface area contributed by atoms with Gasteiger partial charge in [0.15, 0.2) is 0 Å². The van der Waals surface area contributed by atoms with Gasteiger partial charge in [0.25, 0.3) is 0 Å². The zero-order valence-electron chi connectivity index (χ0n) is 8.67. The number of hydrogen-bond donors (Lipinski definition) is 3. The van der Waals surface area contributed by atoms with E-state index in [9.17, 15) is 9.59 Å². The van der Waals surface area contributed by atoms with Crippen LogP contribution in [-0.2, 0) is 9.59 Å². The van der Waals surface area contributed by atoms with Gasteiger partial charge in [0, 0.05) is 31.6 Å².